The van der Waals surface area contributed by atoms with Gasteiger partial charge in [0.05, 0.1) is 6.61 Å². The SMILES string of the molecule is O=C(NCc1cccnc1-n1cccn1)N(CC1CCOC1)C1CC1. The van der Waals surface area contributed by atoms with Crippen LogP contribution in [0.2, 0.25) is 0 Å². The van der Waals surface area contributed by atoms with Crippen LogP contribution in [0.3, 0.4) is 0 Å². The third-order valence-corrected chi connectivity index (χ3v) is 4.75. The number of amides is 2. The van der Waals surface area contributed by atoms with Crippen molar-refractivity contribution in [2.24, 2.45) is 5.92 Å². The second-order valence-electron chi connectivity index (χ2n) is 6.71. The second-order valence-corrected chi connectivity index (χ2v) is 6.71. The van der Waals surface area contributed by atoms with E-state index in [1.54, 1.807) is 17.1 Å². The molecule has 1 N–H and O–H groups in total. The molecule has 7 heteroatoms. The summed E-state index contributed by atoms with van der Waals surface area (Å²) in [4.78, 5) is 19.1. The molecule has 1 aliphatic carbocycles. The number of hydrogen-bond acceptors (Lipinski definition) is 4. The molecule has 1 saturated carbocycles. The minimum Gasteiger partial charge on any atom is -0.381 e. The van der Waals surface area contributed by atoms with Crippen LogP contribution in [0.4, 0.5) is 4.79 Å². The number of pyridine rings is 1. The molecule has 4 rings (SSSR count). The molecule has 3 heterocycles. The van der Waals surface area contributed by atoms with Crippen molar-refractivity contribution in [2.45, 2.75) is 31.8 Å². The number of carbonyl (C=O) groups excluding carboxylic acids is 1. The van der Waals surface area contributed by atoms with E-state index in [0.29, 0.717) is 18.5 Å². The first-order chi connectivity index (χ1) is 12.3. The Kier molecular flexibility index (Phi) is 4.65. The van der Waals surface area contributed by atoms with Crippen LogP contribution in [0.25, 0.3) is 5.82 Å². The first-order valence-corrected chi connectivity index (χ1v) is 8.87. The number of rotatable bonds is 6. The van der Waals surface area contributed by atoms with E-state index < -0.39 is 0 Å². The first kappa shape index (κ1) is 16.1. The fourth-order valence-electron chi connectivity index (χ4n) is 3.23. The molecule has 0 radical (unpaired) electrons. The third kappa shape index (κ3) is 3.82. The number of ether oxygens (including phenoxy) is 1. The second kappa shape index (κ2) is 7.23. The normalized spacial score (nSPS) is 19.8. The van der Waals surface area contributed by atoms with Crippen LogP contribution in [-0.2, 0) is 11.3 Å². The summed E-state index contributed by atoms with van der Waals surface area (Å²) in [5.74, 6) is 1.21. The molecule has 1 aliphatic heterocycles. The van der Waals surface area contributed by atoms with Gasteiger partial charge < -0.3 is 15.0 Å². The van der Waals surface area contributed by atoms with E-state index in [1.807, 2.05) is 29.3 Å². The highest BCUT2D eigenvalue weighted by Gasteiger charge is 2.34. The Labute approximate surface area is 147 Å². The van der Waals surface area contributed by atoms with E-state index in [1.165, 1.54) is 0 Å². The van der Waals surface area contributed by atoms with Gasteiger partial charge >= 0.3 is 6.03 Å². The van der Waals surface area contributed by atoms with Crippen LogP contribution in [0, 0.1) is 5.92 Å². The third-order valence-electron chi connectivity index (χ3n) is 4.75. The maximum atomic E-state index is 12.7. The highest BCUT2D eigenvalue weighted by atomic mass is 16.5. The molecule has 2 amide bonds. The molecule has 0 bridgehead atoms. The minimum atomic E-state index is 0.00432. The van der Waals surface area contributed by atoms with Crippen LogP contribution in [0.15, 0.2) is 36.8 Å². The molecule has 1 unspecified atom stereocenters. The van der Waals surface area contributed by atoms with Gasteiger partial charge in [-0.2, -0.15) is 5.10 Å². The summed E-state index contributed by atoms with van der Waals surface area (Å²) in [7, 11) is 0. The Morgan fingerprint density at radius 3 is 2.96 bits per heavy atom. The largest absolute Gasteiger partial charge is 0.381 e. The fourth-order valence-corrected chi connectivity index (χ4v) is 3.23. The molecule has 7 nitrogen and oxygen atoms in total. The molecule has 2 aliphatic rings. The van der Waals surface area contributed by atoms with Gasteiger partial charge in [0, 0.05) is 55.8 Å². The van der Waals surface area contributed by atoms with Crippen molar-refractivity contribution in [3.05, 3.63) is 42.4 Å². The summed E-state index contributed by atoms with van der Waals surface area (Å²) in [5.41, 5.74) is 0.944. The Hall–Kier alpha value is -2.41. The standard InChI is InChI=1S/C18H23N5O2/c24-18(22(16-4-5-16)12-14-6-10-25-13-14)20-11-15-3-1-7-19-17(15)23-9-2-8-21-23/h1-3,7-9,14,16H,4-6,10-13H2,(H,20,24). The van der Waals surface area contributed by atoms with Gasteiger partial charge in [-0.3, -0.25) is 0 Å². The van der Waals surface area contributed by atoms with Gasteiger partial charge in [-0.25, -0.2) is 14.5 Å². The van der Waals surface area contributed by atoms with Crippen molar-refractivity contribution < 1.29 is 9.53 Å². The summed E-state index contributed by atoms with van der Waals surface area (Å²) in [6.07, 6.45) is 8.56. The highest BCUT2D eigenvalue weighted by Crippen LogP contribution is 2.29. The van der Waals surface area contributed by atoms with E-state index in [4.69, 9.17) is 4.74 Å². The number of nitrogens with zero attached hydrogens (tertiary/aromatic N) is 4. The first-order valence-electron chi connectivity index (χ1n) is 8.87. The van der Waals surface area contributed by atoms with Crippen LogP contribution in [-0.4, -0.2) is 51.5 Å². The van der Waals surface area contributed by atoms with Crippen molar-refractivity contribution in [1.82, 2.24) is 25.0 Å². The Morgan fingerprint density at radius 1 is 1.32 bits per heavy atom. The van der Waals surface area contributed by atoms with Gasteiger partial charge in [-0.1, -0.05) is 6.07 Å². The van der Waals surface area contributed by atoms with Crippen molar-refractivity contribution in [2.75, 3.05) is 19.8 Å². The summed E-state index contributed by atoms with van der Waals surface area (Å²) >= 11 is 0. The number of aromatic nitrogens is 3. The van der Waals surface area contributed by atoms with Gasteiger partial charge in [0.25, 0.3) is 0 Å². The predicted molar refractivity (Wildman–Crippen MR) is 92.2 cm³/mol. The summed E-state index contributed by atoms with van der Waals surface area (Å²) in [6, 6.07) is 6.10. The molecule has 132 valence electrons. The van der Waals surface area contributed by atoms with E-state index in [-0.39, 0.29) is 6.03 Å². The molecule has 0 spiro atoms. The Morgan fingerprint density at radius 2 is 2.24 bits per heavy atom. The lowest BCUT2D eigenvalue weighted by atomic mass is 10.1. The molecular weight excluding hydrogens is 318 g/mol. The lowest BCUT2D eigenvalue weighted by Gasteiger charge is -2.25. The van der Waals surface area contributed by atoms with Gasteiger partial charge in [0.15, 0.2) is 5.82 Å². The lowest BCUT2D eigenvalue weighted by Crippen LogP contribution is -2.43. The van der Waals surface area contributed by atoms with Gasteiger partial charge in [-0.05, 0) is 31.4 Å². The number of hydrogen-bond donors (Lipinski definition) is 1. The molecule has 1 atom stereocenters. The minimum absolute atomic E-state index is 0.00432. The average Bonchev–Trinajstić information content (AvgIpc) is 3.12. The highest BCUT2D eigenvalue weighted by molar-refractivity contribution is 5.75. The van der Waals surface area contributed by atoms with Gasteiger partial charge in [0.1, 0.15) is 0 Å². The van der Waals surface area contributed by atoms with Crippen molar-refractivity contribution in [3.63, 3.8) is 0 Å². The number of carbonyl (C=O) groups is 1. The average molecular weight is 341 g/mol. The molecule has 2 aromatic rings. The van der Waals surface area contributed by atoms with Gasteiger partial charge in [-0.15, -0.1) is 0 Å². The molecular formula is C18H23N5O2. The Bertz CT molecular complexity index is 708. The Balaban J connectivity index is 1.41. The molecule has 25 heavy (non-hydrogen) atoms. The zero-order valence-electron chi connectivity index (χ0n) is 14.2. The van der Waals surface area contributed by atoms with Crippen molar-refractivity contribution >= 4 is 6.03 Å². The maximum Gasteiger partial charge on any atom is 0.317 e. The lowest BCUT2D eigenvalue weighted by molar-refractivity contribution is 0.162. The molecule has 2 aromatic heterocycles. The van der Waals surface area contributed by atoms with Crippen LogP contribution < -0.4 is 5.32 Å². The monoisotopic (exact) mass is 341 g/mol. The van der Waals surface area contributed by atoms with Crippen molar-refractivity contribution in [1.29, 1.82) is 0 Å². The van der Waals surface area contributed by atoms with Crippen molar-refractivity contribution in [3.8, 4) is 5.82 Å². The molecule has 2 fully saturated rings. The summed E-state index contributed by atoms with van der Waals surface area (Å²) in [6.45, 7) is 2.80. The van der Waals surface area contributed by atoms with Crippen LogP contribution >= 0.6 is 0 Å². The van der Waals surface area contributed by atoms with E-state index in [0.717, 1.165) is 50.4 Å². The summed E-state index contributed by atoms with van der Waals surface area (Å²) < 4.78 is 7.17. The fraction of sp³-hybridized carbons (Fsp3) is 0.500. The number of nitrogens with one attached hydrogen (secondary N) is 1. The zero-order valence-corrected chi connectivity index (χ0v) is 14.2. The smallest absolute Gasteiger partial charge is 0.317 e. The number of urea groups is 1. The quantitative estimate of drug-likeness (QED) is 0.872. The van der Waals surface area contributed by atoms with Crippen LogP contribution in [0.1, 0.15) is 24.8 Å². The van der Waals surface area contributed by atoms with E-state index in [2.05, 4.69) is 15.4 Å². The van der Waals surface area contributed by atoms with Crippen LogP contribution in [0.5, 0.6) is 0 Å². The molecule has 1 saturated heterocycles. The molecule has 0 aromatic carbocycles. The van der Waals surface area contributed by atoms with E-state index in [9.17, 15) is 4.79 Å². The maximum absolute atomic E-state index is 12.7. The predicted octanol–water partition coefficient (Wildman–Crippen LogP) is 1.98. The topological polar surface area (TPSA) is 72.3 Å². The van der Waals surface area contributed by atoms with Gasteiger partial charge in [0.2, 0.25) is 0 Å². The zero-order chi connectivity index (χ0) is 17.1. The summed E-state index contributed by atoms with van der Waals surface area (Å²) in [5, 5.41) is 7.29. The van der Waals surface area contributed by atoms with E-state index >= 15 is 0 Å².